The van der Waals surface area contributed by atoms with Gasteiger partial charge in [0.05, 0.1) is 11.7 Å². The summed E-state index contributed by atoms with van der Waals surface area (Å²) in [6, 6.07) is 7.64. The molecule has 0 N–H and O–H groups in total. The standard InChI is InChI=1S/C11H11N2/c1-13-11-6-9(8-2-3-8)4-5-10(11)7-12-13/h4,6-8H,2-3H2,1H3. The first kappa shape index (κ1) is 7.13. The molecule has 0 bridgehead atoms. The van der Waals surface area contributed by atoms with Gasteiger partial charge in [-0.1, -0.05) is 6.07 Å². The van der Waals surface area contributed by atoms with Crippen LogP contribution in [0.25, 0.3) is 10.9 Å². The highest BCUT2D eigenvalue weighted by atomic mass is 15.2. The summed E-state index contributed by atoms with van der Waals surface area (Å²) in [5.41, 5.74) is 2.63. The van der Waals surface area contributed by atoms with Gasteiger partial charge in [-0.2, -0.15) is 5.10 Å². The van der Waals surface area contributed by atoms with Gasteiger partial charge in [-0.25, -0.2) is 0 Å². The summed E-state index contributed by atoms with van der Waals surface area (Å²) in [6.07, 6.45) is 4.56. The van der Waals surface area contributed by atoms with E-state index in [0.717, 1.165) is 11.3 Å². The van der Waals surface area contributed by atoms with Gasteiger partial charge in [0.15, 0.2) is 0 Å². The number of hydrogen-bond acceptors (Lipinski definition) is 1. The average molecular weight is 171 g/mol. The average Bonchev–Trinajstić information content (AvgIpc) is 2.93. The molecule has 0 spiro atoms. The predicted octanol–water partition coefficient (Wildman–Crippen LogP) is 2.25. The van der Waals surface area contributed by atoms with Crippen LogP contribution in [0, 0.1) is 6.07 Å². The Morgan fingerprint density at radius 3 is 3.15 bits per heavy atom. The molecular formula is C11H11N2. The fraction of sp³-hybridized carbons (Fsp3) is 0.364. The minimum atomic E-state index is 0.801. The van der Waals surface area contributed by atoms with E-state index >= 15 is 0 Å². The van der Waals surface area contributed by atoms with Crippen LogP contribution in [0.2, 0.25) is 0 Å². The normalized spacial score (nSPS) is 16.7. The lowest BCUT2D eigenvalue weighted by molar-refractivity contribution is 0.796. The lowest BCUT2D eigenvalue weighted by Crippen LogP contribution is -1.89. The van der Waals surface area contributed by atoms with E-state index in [4.69, 9.17) is 0 Å². The molecule has 1 aliphatic carbocycles. The van der Waals surface area contributed by atoms with Gasteiger partial charge in [0.25, 0.3) is 0 Å². The van der Waals surface area contributed by atoms with E-state index in [1.807, 2.05) is 17.9 Å². The Balaban J connectivity index is 2.24. The molecular weight excluding hydrogens is 160 g/mol. The van der Waals surface area contributed by atoms with Crippen LogP contribution in [-0.4, -0.2) is 9.78 Å². The lowest BCUT2D eigenvalue weighted by atomic mass is 10.1. The quantitative estimate of drug-likeness (QED) is 0.643. The molecule has 1 heterocycles. The number of aromatic nitrogens is 2. The molecule has 1 fully saturated rings. The fourth-order valence-corrected chi connectivity index (χ4v) is 1.74. The molecule has 0 saturated heterocycles. The SMILES string of the molecule is Cn1ncc2[c]cc(C3CC3)cc21. The molecule has 0 atom stereocenters. The van der Waals surface area contributed by atoms with Gasteiger partial charge >= 0.3 is 0 Å². The molecule has 13 heavy (non-hydrogen) atoms. The van der Waals surface area contributed by atoms with Crippen molar-refractivity contribution in [3.63, 3.8) is 0 Å². The highest BCUT2D eigenvalue weighted by Gasteiger charge is 2.23. The number of fused-ring (bicyclic) bond motifs is 1. The van der Waals surface area contributed by atoms with Gasteiger partial charge in [-0.15, -0.1) is 0 Å². The smallest absolute Gasteiger partial charge is 0.0688 e. The maximum atomic E-state index is 4.20. The third kappa shape index (κ3) is 1.05. The van der Waals surface area contributed by atoms with Crippen molar-refractivity contribution in [2.45, 2.75) is 18.8 Å². The first-order chi connectivity index (χ1) is 6.34. The highest BCUT2D eigenvalue weighted by Crippen LogP contribution is 2.40. The van der Waals surface area contributed by atoms with E-state index in [2.05, 4.69) is 23.3 Å². The van der Waals surface area contributed by atoms with Crippen molar-refractivity contribution in [3.8, 4) is 0 Å². The van der Waals surface area contributed by atoms with Crippen LogP contribution in [-0.2, 0) is 7.05 Å². The summed E-state index contributed by atoms with van der Waals surface area (Å²) in [5, 5.41) is 5.32. The van der Waals surface area contributed by atoms with E-state index in [-0.39, 0.29) is 0 Å². The molecule has 2 heteroatoms. The van der Waals surface area contributed by atoms with Gasteiger partial charge in [0, 0.05) is 12.4 Å². The van der Waals surface area contributed by atoms with Crippen molar-refractivity contribution in [1.82, 2.24) is 9.78 Å². The number of aryl methyl sites for hydroxylation is 1. The molecule has 1 aromatic carbocycles. The lowest BCUT2D eigenvalue weighted by Gasteiger charge is -1.98. The van der Waals surface area contributed by atoms with Gasteiger partial charge in [-0.05, 0) is 36.5 Å². The molecule has 1 radical (unpaired) electrons. The van der Waals surface area contributed by atoms with E-state index in [1.165, 1.54) is 23.9 Å². The fourth-order valence-electron chi connectivity index (χ4n) is 1.74. The van der Waals surface area contributed by atoms with Crippen LogP contribution in [0.4, 0.5) is 0 Å². The molecule has 0 amide bonds. The zero-order valence-corrected chi connectivity index (χ0v) is 7.62. The Morgan fingerprint density at radius 1 is 1.54 bits per heavy atom. The molecule has 1 aliphatic rings. The van der Waals surface area contributed by atoms with Crippen LogP contribution in [0.15, 0.2) is 18.3 Å². The van der Waals surface area contributed by atoms with Crippen molar-refractivity contribution in [2.75, 3.05) is 0 Å². The van der Waals surface area contributed by atoms with Crippen molar-refractivity contribution in [2.24, 2.45) is 7.05 Å². The van der Waals surface area contributed by atoms with Crippen LogP contribution in [0.3, 0.4) is 0 Å². The van der Waals surface area contributed by atoms with Crippen LogP contribution >= 0.6 is 0 Å². The number of benzene rings is 1. The first-order valence-electron chi connectivity index (χ1n) is 4.68. The van der Waals surface area contributed by atoms with Gasteiger partial charge < -0.3 is 0 Å². The van der Waals surface area contributed by atoms with E-state index in [0.29, 0.717) is 0 Å². The maximum Gasteiger partial charge on any atom is 0.0688 e. The second kappa shape index (κ2) is 2.34. The molecule has 0 unspecified atom stereocenters. The van der Waals surface area contributed by atoms with E-state index in [1.54, 1.807) is 0 Å². The summed E-state index contributed by atoms with van der Waals surface area (Å²) >= 11 is 0. The van der Waals surface area contributed by atoms with Crippen molar-refractivity contribution >= 4 is 10.9 Å². The Morgan fingerprint density at radius 2 is 2.38 bits per heavy atom. The van der Waals surface area contributed by atoms with Crippen molar-refractivity contribution in [1.29, 1.82) is 0 Å². The van der Waals surface area contributed by atoms with Gasteiger partial charge in [-0.3, -0.25) is 4.68 Å². The van der Waals surface area contributed by atoms with Gasteiger partial charge in [0.2, 0.25) is 0 Å². The Hall–Kier alpha value is -1.31. The second-order valence-electron chi connectivity index (χ2n) is 3.77. The molecule has 65 valence electrons. The maximum absolute atomic E-state index is 4.20. The zero-order chi connectivity index (χ0) is 8.84. The third-order valence-electron chi connectivity index (χ3n) is 2.73. The number of nitrogens with zero attached hydrogens (tertiary/aromatic N) is 2. The Labute approximate surface area is 77.2 Å². The summed E-state index contributed by atoms with van der Waals surface area (Å²) in [6.45, 7) is 0. The van der Waals surface area contributed by atoms with E-state index < -0.39 is 0 Å². The minimum Gasteiger partial charge on any atom is -0.268 e. The predicted molar refractivity (Wildman–Crippen MR) is 51.5 cm³/mol. The van der Waals surface area contributed by atoms with Crippen LogP contribution < -0.4 is 0 Å². The van der Waals surface area contributed by atoms with E-state index in [9.17, 15) is 0 Å². The topological polar surface area (TPSA) is 17.8 Å². The van der Waals surface area contributed by atoms with Crippen LogP contribution in [0.5, 0.6) is 0 Å². The summed E-state index contributed by atoms with van der Waals surface area (Å²) in [4.78, 5) is 0. The zero-order valence-electron chi connectivity index (χ0n) is 7.62. The molecule has 3 rings (SSSR count). The van der Waals surface area contributed by atoms with Crippen molar-refractivity contribution in [3.05, 3.63) is 30.0 Å². The minimum absolute atomic E-state index is 0.801. The summed E-state index contributed by atoms with van der Waals surface area (Å²) in [5.74, 6) is 0.801. The summed E-state index contributed by atoms with van der Waals surface area (Å²) in [7, 11) is 1.98. The third-order valence-corrected chi connectivity index (χ3v) is 2.73. The largest absolute Gasteiger partial charge is 0.268 e. The summed E-state index contributed by atoms with van der Waals surface area (Å²) < 4.78 is 1.91. The molecule has 1 saturated carbocycles. The van der Waals surface area contributed by atoms with Crippen LogP contribution in [0.1, 0.15) is 24.3 Å². The number of hydrogen-bond donors (Lipinski definition) is 0. The molecule has 2 aromatic rings. The molecule has 1 aromatic heterocycles. The Bertz CT molecular complexity index is 452. The van der Waals surface area contributed by atoms with Gasteiger partial charge in [0.1, 0.15) is 0 Å². The second-order valence-corrected chi connectivity index (χ2v) is 3.77. The first-order valence-corrected chi connectivity index (χ1v) is 4.68. The Kier molecular flexibility index (Phi) is 1.29. The van der Waals surface area contributed by atoms with Crippen molar-refractivity contribution < 1.29 is 0 Å². The molecule has 2 nitrogen and oxygen atoms in total. The number of rotatable bonds is 1. The highest BCUT2D eigenvalue weighted by molar-refractivity contribution is 5.78. The molecule has 0 aliphatic heterocycles. The monoisotopic (exact) mass is 171 g/mol.